The Kier molecular flexibility index (Phi) is 3.52. The molecule has 19 heavy (non-hydrogen) atoms. The Hall–Kier alpha value is -2.35. The van der Waals surface area contributed by atoms with Gasteiger partial charge >= 0.3 is 0 Å². The van der Waals surface area contributed by atoms with Gasteiger partial charge in [0.25, 0.3) is 11.6 Å². The summed E-state index contributed by atoms with van der Waals surface area (Å²) in [7, 11) is 0. The van der Waals surface area contributed by atoms with Crippen LogP contribution in [0.3, 0.4) is 0 Å². The molecule has 0 fully saturated rings. The lowest BCUT2D eigenvalue weighted by atomic mass is 10.2. The second kappa shape index (κ2) is 5.11. The molecule has 7 nitrogen and oxygen atoms in total. The Balaban J connectivity index is 2.31. The van der Waals surface area contributed by atoms with E-state index in [0.29, 0.717) is 12.2 Å². The van der Waals surface area contributed by atoms with Gasteiger partial charge in [0.1, 0.15) is 5.82 Å². The standard InChI is InChI=1S/C11H11FN4O3/c1-6(13)4-10-14-11(19-15-10)8-3-2-7(16(17)18)5-9(8)12/h2-3,5-6H,4,13H2,1H3. The molecule has 0 amide bonds. The fraction of sp³-hybridized carbons (Fsp3) is 0.273. The maximum atomic E-state index is 13.7. The van der Waals surface area contributed by atoms with Crippen molar-refractivity contribution in [1.82, 2.24) is 10.1 Å². The summed E-state index contributed by atoms with van der Waals surface area (Å²) in [5.74, 6) is -0.448. The zero-order valence-electron chi connectivity index (χ0n) is 10.0. The summed E-state index contributed by atoms with van der Waals surface area (Å²) >= 11 is 0. The number of halogens is 1. The van der Waals surface area contributed by atoms with E-state index in [0.717, 1.165) is 6.07 Å². The highest BCUT2D eigenvalue weighted by Crippen LogP contribution is 2.24. The number of aromatic nitrogens is 2. The van der Waals surface area contributed by atoms with Crippen molar-refractivity contribution in [2.24, 2.45) is 5.73 Å². The summed E-state index contributed by atoms with van der Waals surface area (Å²) in [6.45, 7) is 1.78. The quantitative estimate of drug-likeness (QED) is 0.666. The number of nitro benzene ring substituents is 1. The average Bonchev–Trinajstić information content (AvgIpc) is 2.76. The highest BCUT2D eigenvalue weighted by atomic mass is 19.1. The first-order valence-electron chi connectivity index (χ1n) is 5.50. The number of nitrogens with zero attached hydrogens (tertiary/aromatic N) is 3. The highest BCUT2D eigenvalue weighted by Gasteiger charge is 2.17. The lowest BCUT2D eigenvalue weighted by Crippen LogP contribution is -2.18. The Morgan fingerprint density at radius 1 is 1.58 bits per heavy atom. The molecule has 0 saturated heterocycles. The minimum atomic E-state index is -0.787. The van der Waals surface area contributed by atoms with Crippen LogP contribution in [0.15, 0.2) is 22.7 Å². The summed E-state index contributed by atoms with van der Waals surface area (Å²) in [5, 5.41) is 14.2. The molecule has 0 spiro atoms. The fourth-order valence-electron chi connectivity index (χ4n) is 1.53. The predicted molar refractivity (Wildman–Crippen MR) is 63.7 cm³/mol. The van der Waals surface area contributed by atoms with Crippen LogP contribution in [0.2, 0.25) is 0 Å². The second-order valence-corrected chi connectivity index (χ2v) is 4.12. The van der Waals surface area contributed by atoms with E-state index >= 15 is 0 Å². The molecule has 8 heteroatoms. The van der Waals surface area contributed by atoms with E-state index in [1.165, 1.54) is 12.1 Å². The minimum absolute atomic E-state index is 0.0222. The van der Waals surface area contributed by atoms with Gasteiger partial charge in [-0.1, -0.05) is 5.16 Å². The van der Waals surface area contributed by atoms with Gasteiger partial charge in [0.2, 0.25) is 0 Å². The first kappa shape index (κ1) is 13.1. The maximum absolute atomic E-state index is 13.7. The molecule has 0 bridgehead atoms. The van der Waals surface area contributed by atoms with Gasteiger partial charge in [0.15, 0.2) is 5.82 Å². The first-order chi connectivity index (χ1) is 8.97. The number of non-ortho nitro benzene ring substituents is 1. The minimum Gasteiger partial charge on any atom is -0.334 e. The van der Waals surface area contributed by atoms with Crippen molar-refractivity contribution >= 4 is 5.69 Å². The van der Waals surface area contributed by atoms with Crippen molar-refractivity contribution in [1.29, 1.82) is 0 Å². The van der Waals surface area contributed by atoms with Crippen LogP contribution < -0.4 is 5.73 Å². The Morgan fingerprint density at radius 2 is 2.32 bits per heavy atom. The molecular weight excluding hydrogens is 255 g/mol. The lowest BCUT2D eigenvalue weighted by molar-refractivity contribution is -0.385. The van der Waals surface area contributed by atoms with Crippen LogP contribution in [-0.4, -0.2) is 21.1 Å². The van der Waals surface area contributed by atoms with Gasteiger partial charge in [-0.25, -0.2) is 4.39 Å². The molecule has 2 N–H and O–H groups in total. The van der Waals surface area contributed by atoms with E-state index in [1.807, 2.05) is 0 Å². The van der Waals surface area contributed by atoms with Crippen LogP contribution in [-0.2, 0) is 6.42 Å². The first-order valence-corrected chi connectivity index (χ1v) is 5.50. The third-order valence-corrected chi connectivity index (χ3v) is 2.37. The molecular formula is C11H11FN4O3. The van der Waals surface area contributed by atoms with Crippen molar-refractivity contribution in [3.05, 3.63) is 40.0 Å². The molecule has 1 aromatic carbocycles. The normalized spacial score (nSPS) is 12.4. The molecule has 0 aliphatic heterocycles. The Morgan fingerprint density at radius 3 is 2.89 bits per heavy atom. The van der Waals surface area contributed by atoms with Gasteiger partial charge < -0.3 is 10.3 Å². The fourth-order valence-corrected chi connectivity index (χ4v) is 1.53. The Bertz CT molecular complexity index is 612. The van der Waals surface area contributed by atoms with Gasteiger partial charge in [-0.3, -0.25) is 10.1 Å². The zero-order valence-corrected chi connectivity index (χ0v) is 10.0. The summed E-state index contributed by atoms with van der Waals surface area (Å²) < 4.78 is 18.6. The number of rotatable bonds is 4. The van der Waals surface area contributed by atoms with Crippen molar-refractivity contribution in [3.63, 3.8) is 0 Å². The average molecular weight is 266 g/mol. The maximum Gasteiger partial charge on any atom is 0.272 e. The van der Waals surface area contributed by atoms with Gasteiger partial charge in [-0.05, 0) is 13.0 Å². The lowest BCUT2D eigenvalue weighted by Gasteiger charge is -1.98. The zero-order chi connectivity index (χ0) is 14.0. The molecule has 1 unspecified atom stereocenters. The van der Waals surface area contributed by atoms with Crippen molar-refractivity contribution < 1.29 is 13.8 Å². The van der Waals surface area contributed by atoms with Crippen molar-refractivity contribution in [2.75, 3.05) is 0 Å². The molecule has 1 aromatic heterocycles. The van der Waals surface area contributed by atoms with Crippen molar-refractivity contribution in [2.45, 2.75) is 19.4 Å². The van der Waals surface area contributed by atoms with E-state index in [4.69, 9.17) is 10.3 Å². The van der Waals surface area contributed by atoms with Gasteiger partial charge in [-0.15, -0.1) is 0 Å². The molecule has 2 rings (SSSR count). The van der Waals surface area contributed by atoms with Crippen LogP contribution in [0.1, 0.15) is 12.7 Å². The summed E-state index contributed by atoms with van der Waals surface area (Å²) in [6.07, 6.45) is 0.401. The van der Waals surface area contributed by atoms with E-state index < -0.39 is 10.7 Å². The number of benzene rings is 1. The third-order valence-electron chi connectivity index (χ3n) is 2.37. The van der Waals surface area contributed by atoms with Crippen LogP contribution in [0.4, 0.5) is 10.1 Å². The monoisotopic (exact) mass is 266 g/mol. The van der Waals surface area contributed by atoms with E-state index in [1.54, 1.807) is 6.92 Å². The van der Waals surface area contributed by atoms with Crippen LogP contribution >= 0.6 is 0 Å². The van der Waals surface area contributed by atoms with Gasteiger partial charge in [0, 0.05) is 18.5 Å². The molecule has 1 atom stereocenters. The van der Waals surface area contributed by atoms with Gasteiger partial charge in [0.05, 0.1) is 16.6 Å². The summed E-state index contributed by atoms with van der Waals surface area (Å²) in [6, 6.07) is 3.07. The summed E-state index contributed by atoms with van der Waals surface area (Å²) in [5.41, 5.74) is 5.27. The molecule has 2 aromatic rings. The molecule has 0 radical (unpaired) electrons. The van der Waals surface area contributed by atoms with E-state index in [-0.39, 0.29) is 23.2 Å². The Labute approximate surface area is 107 Å². The topological polar surface area (TPSA) is 108 Å². The van der Waals surface area contributed by atoms with Crippen LogP contribution in [0.25, 0.3) is 11.5 Å². The highest BCUT2D eigenvalue weighted by molar-refractivity contribution is 5.56. The molecule has 100 valence electrons. The number of hydrogen-bond donors (Lipinski definition) is 1. The van der Waals surface area contributed by atoms with E-state index in [2.05, 4.69) is 10.1 Å². The summed E-state index contributed by atoms with van der Waals surface area (Å²) in [4.78, 5) is 13.8. The smallest absolute Gasteiger partial charge is 0.272 e. The van der Waals surface area contributed by atoms with Gasteiger partial charge in [-0.2, -0.15) is 4.98 Å². The molecule has 0 saturated carbocycles. The second-order valence-electron chi connectivity index (χ2n) is 4.12. The van der Waals surface area contributed by atoms with Crippen LogP contribution in [0.5, 0.6) is 0 Å². The van der Waals surface area contributed by atoms with E-state index in [9.17, 15) is 14.5 Å². The molecule has 0 aliphatic rings. The third kappa shape index (κ3) is 2.91. The van der Waals surface area contributed by atoms with Crippen LogP contribution in [0, 0.1) is 15.9 Å². The van der Waals surface area contributed by atoms with Crippen molar-refractivity contribution in [3.8, 4) is 11.5 Å². The largest absolute Gasteiger partial charge is 0.334 e. The molecule has 1 heterocycles. The SMILES string of the molecule is CC(N)Cc1noc(-c2ccc([N+](=O)[O-])cc2F)n1. The molecule has 0 aliphatic carbocycles. The predicted octanol–water partition coefficient (Wildman–Crippen LogP) is 1.67. The number of nitro groups is 1. The number of hydrogen-bond acceptors (Lipinski definition) is 6. The number of nitrogens with two attached hydrogens (primary N) is 1.